The van der Waals surface area contributed by atoms with E-state index >= 15 is 0 Å². The van der Waals surface area contributed by atoms with Gasteiger partial charge in [-0.25, -0.2) is 0 Å². The van der Waals surface area contributed by atoms with E-state index in [1.807, 2.05) is 30.3 Å². The van der Waals surface area contributed by atoms with Crippen LogP contribution in [0.5, 0.6) is 0 Å². The van der Waals surface area contributed by atoms with Crippen molar-refractivity contribution < 1.29 is 4.79 Å². The lowest BCUT2D eigenvalue weighted by Gasteiger charge is -2.04. The highest BCUT2D eigenvalue weighted by atomic mass is 16.1. The van der Waals surface area contributed by atoms with E-state index in [1.165, 1.54) is 11.1 Å². The second-order valence-corrected chi connectivity index (χ2v) is 4.46. The third-order valence-electron chi connectivity index (χ3n) is 3.14. The first kappa shape index (κ1) is 12.6. The van der Waals surface area contributed by atoms with Crippen LogP contribution in [0.1, 0.15) is 34.8 Å². The number of benzene rings is 2. The maximum Gasteiger partial charge on any atom is 0.163 e. The fraction of sp³-hybridized carbons (Fsp3) is 0.235. The number of carbonyl (C=O) groups excluding carboxylic acids is 1. The third-order valence-corrected chi connectivity index (χ3v) is 3.14. The summed E-state index contributed by atoms with van der Waals surface area (Å²) in [6, 6.07) is 18.0. The number of hydrogen-bond donors (Lipinski definition) is 0. The molecule has 0 aliphatic heterocycles. The number of hydrogen-bond acceptors (Lipinski definition) is 1. The van der Waals surface area contributed by atoms with Gasteiger partial charge in [-0.05, 0) is 24.0 Å². The summed E-state index contributed by atoms with van der Waals surface area (Å²) in [5, 5.41) is 0. The van der Waals surface area contributed by atoms with Gasteiger partial charge in [-0.15, -0.1) is 0 Å². The molecule has 0 fully saturated rings. The molecule has 0 saturated carbocycles. The lowest BCUT2D eigenvalue weighted by molar-refractivity contribution is 0.0983. The van der Waals surface area contributed by atoms with Crippen LogP contribution in [0.15, 0.2) is 54.6 Å². The zero-order valence-electron chi connectivity index (χ0n) is 10.7. The predicted octanol–water partition coefficient (Wildman–Crippen LogP) is 4.06. The van der Waals surface area contributed by atoms with Crippen LogP contribution >= 0.6 is 0 Å². The Kier molecular flexibility index (Phi) is 4.30. The molecule has 0 bridgehead atoms. The minimum atomic E-state index is 0.220. The molecule has 0 aromatic heterocycles. The Labute approximate surface area is 108 Å². The molecule has 0 amide bonds. The second-order valence-electron chi connectivity index (χ2n) is 4.46. The van der Waals surface area contributed by atoms with Crippen LogP contribution in [-0.2, 0) is 12.8 Å². The van der Waals surface area contributed by atoms with E-state index in [1.54, 1.807) is 0 Å². The summed E-state index contributed by atoms with van der Waals surface area (Å²) >= 11 is 0. The van der Waals surface area contributed by atoms with E-state index < -0.39 is 0 Å². The second kappa shape index (κ2) is 6.15. The molecule has 0 N–H and O–H groups in total. The van der Waals surface area contributed by atoms with Gasteiger partial charge in [0.25, 0.3) is 0 Å². The Hall–Kier alpha value is -1.89. The quantitative estimate of drug-likeness (QED) is 0.718. The van der Waals surface area contributed by atoms with Gasteiger partial charge in [0.15, 0.2) is 5.78 Å². The predicted molar refractivity (Wildman–Crippen MR) is 74.9 cm³/mol. The Morgan fingerprint density at radius 3 is 2.39 bits per heavy atom. The fourth-order valence-electron chi connectivity index (χ4n) is 2.03. The molecule has 0 unspecified atom stereocenters. The Morgan fingerprint density at radius 1 is 0.944 bits per heavy atom. The lowest BCUT2D eigenvalue weighted by Crippen LogP contribution is -2.01. The SMILES string of the molecule is CCc1cccc(CCC(=O)c2ccccc2)c1. The Morgan fingerprint density at radius 2 is 1.67 bits per heavy atom. The first-order valence-corrected chi connectivity index (χ1v) is 6.45. The topological polar surface area (TPSA) is 17.1 Å². The fourth-order valence-corrected chi connectivity index (χ4v) is 2.03. The summed E-state index contributed by atoms with van der Waals surface area (Å²) in [4.78, 5) is 12.0. The maximum absolute atomic E-state index is 12.0. The van der Waals surface area contributed by atoms with Gasteiger partial charge in [-0.2, -0.15) is 0 Å². The van der Waals surface area contributed by atoms with E-state index in [0.717, 1.165) is 18.4 Å². The van der Waals surface area contributed by atoms with Crippen molar-refractivity contribution in [3.63, 3.8) is 0 Å². The van der Waals surface area contributed by atoms with Crippen molar-refractivity contribution in [3.05, 3.63) is 71.3 Å². The Balaban J connectivity index is 1.97. The molecule has 18 heavy (non-hydrogen) atoms. The van der Waals surface area contributed by atoms with Crippen molar-refractivity contribution in [2.75, 3.05) is 0 Å². The molecule has 0 saturated heterocycles. The smallest absolute Gasteiger partial charge is 0.163 e. The van der Waals surface area contributed by atoms with Crippen LogP contribution in [0.25, 0.3) is 0 Å². The van der Waals surface area contributed by atoms with Crippen molar-refractivity contribution >= 4 is 5.78 Å². The van der Waals surface area contributed by atoms with Crippen molar-refractivity contribution in [1.82, 2.24) is 0 Å². The van der Waals surface area contributed by atoms with Crippen molar-refractivity contribution in [3.8, 4) is 0 Å². The summed E-state index contributed by atoms with van der Waals surface area (Å²) in [6.45, 7) is 2.15. The molecule has 0 atom stereocenters. The molecule has 0 spiro atoms. The first-order valence-electron chi connectivity index (χ1n) is 6.45. The van der Waals surface area contributed by atoms with Gasteiger partial charge < -0.3 is 0 Å². The zero-order valence-corrected chi connectivity index (χ0v) is 10.7. The van der Waals surface area contributed by atoms with E-state index in [9.17, 15) is 4.79 Å². The maximum atomic E-state index is 12.0. The number of carbonyl (C=O) groups is 1. The highest BCUT2D eigenvalue weighted by Gasteiger charge is 2.05. The minimum absolute atomic E-state index is 0.220. The van der Waals surface area contributed by atoms with Gasteiger partial charge >= 0.3 is 0 Å². The molecule has 0 heterocycles. The number of Topliss-reactive ketones (excluding diaryl/α,β-unsaturated/α-hetero) is 1. The molecular formula is C17H18O. The van der Waals surface area contributed by atoms with Crippen LogP contribution in [0.3, 0.4) is 0 Å². The average molecular weight is 238 g/mol. The summed E-state index contributed by atoms with van der Waals surface area (Å²) in [7, 11) is 0. The number of rotatable bonds is 5. The molecule has 0 aliphatic rings. The normalized spacial score (nSPS) is 10.3. The van der Waals surface area contributed by atoms with Crippen LogP contribution in [-0.4, -0.2) is 5.78 Å². The molecule has 1 nitrogen and oxygen atoms in total. The molecule has 1 heteroatoms. The molecule has 2 rings (SSSR count). The van der Waals surface area contributed by atoms with E-state index in [-0.39, 0.29) is 5.78 Å². The van der Waals surface area contributed by atoms with E-state index in [4.69, 9.17) is 0 Å². The highest BCUT2D eigenvalue weighted by Crippen LogP contribution is 2.11. The minimum Gasteiger partial charge on any atom is -0.294 e. The lowest BCUT2D eigenvalue weighted by atomic mass is 10.0. The monoisotopic (exact) mass is 238 g/mol. The number of aryl methyl sites for hydroxylation is 2. The molecule has 92 valence electrons. The summed E-state index contributed by atoms with van der Waals surface area (Å²) in [5.41, 5.74) is 3.39. The van der Waals surface area contributed by atoms with Crippen LogP contribution in [0.4, 0.5) is 0 Å². The summed E-state index contributed by atoms with van der Waals surface area (Å²) in [6.07, 6.45) is 2.44. The van der Waals surface area contributed by atoms with Gasteiger partial charge in [0.1, 0.15) is 0 Å². The summed E-state index contributed by atoms with van der Waals surface area (Å²) < 4.78 is 0. The molecule has 2 aromatic carbocycles. The van der Waals surface area contributed by atoms with Gasteiger partial charge in [0.2, 0.25) is 0 Å². The number of ketones is 1. The average Bonchev–Trinajstić information content (AvgIpc) is 2.46. The first-order chi connectivity index (χ1) is 8.79. The van der Waals surface area contributed by atoms with Crippen molar-refractivity contribution in [2.45, 2.75) is 26.2 Å². The highest BCUT2D eigenvalue weighted by molar-refractivity contribution is 5.96. The largest absolute Gasteiger partial charge is 0.294 e. The van der Waals surface area contributed by atoms with Crippen molar-refractivity contribution in [2.24, 2.45) is 0 Å². The molecule has 0 aliphatic carbocycles. The van der Waals surface area contributed by atoms with E-state index in [2.05, 4.69) is 31.2 Å². The third kappa shape index (κ3) is 3.30. The zero-order chi connectivity index (χ0) is 12.8. The van der Waals surface area contributed by atoms with Gasteiger partial charge in [0, 0.05) is 12.0 Å². The van der Waals surface area contributed by atoms with Crippen LogP contribution < -0.4 is 0 Å². The van der Waals surface area contributed by atoms with Gasteiger partial charge in [0.05, 0.1) is 0 Å². The van der Waals surface area contributed by atoms with Gasteiger partial charge in [-0.1, -0.05) is 61.5 Å². The van der Waals surface area contributed by atoms with E-state index in [0.29, 0.717) is 6.42 Å². The molecule has 2 aromatic rings. The molecular weight excluding hydrogens is 220 g/mol. The standard InChI is InChI=1S/C17H18O/c1-2-14-7-6-8-15(13-14)11-12-17(18)16-9-4-3-5-10-16/h3-10,13H,2,11-12H2,1H3. The molecule has 0 radical (unpaired) electrons. The Bertz CT molecular complexity index is 514. The van der Waals surface area contributed by atoms with Gasteiger partial charge in [-0.3, -0.25) is 4.79 Å². The van der Waals surface area contributed by atoms with Crippen molar-refractivity contribution in [1.29, 1.82) is 0 Å². The van der Waals surface area contributed by atoms with Crippen LogP contribution in [0.2, 0.25) is 0 Å². The van der Waals surface area contributed by atoms with Crippen LogP contribution in [0, 0.1) is 0 Å². The summed E-state index contributed by atoms with van der Waals surface area (Å²) in [5.74, 6) is 0.220.